The molecule has 1 heterocycles. The molecule has 3 rings (SSSR count). The van der Waals surface area contributed by atoms with Gasteiger partial charge < -0.3 is 0 Å². The Kier molecular flexibility index (Phi) is 2.94. The summed E-state index contributed by atoms with van der Waals surface area (Å²) in [6.07, 6.45) is 8.66. The molecule has 0 fully saturated rings. The monoisotopic (exact) mass is 269 g/mol. The Labute approximate surface area is 118 Å². The van der Waals surface area contributed by atoms with E-state index in [-0.39, 0.29) is 5.41 Å². The van der Waals surface area contributed by atoms with Gasteiger partial charge in [0, 0.05) is 15.8 Å². The minimum absolute atomic E-state index is 0.0503. The van der Waals surface area contributed by atoms with E-state index in [9.17, 15) is 0 Å². The zero-order valence-electron chi connectivity index (χ0n) is 11.1. The second kappa shape index (κ2) is 4.50. The standard InChI is InChI=1S/C17H16ClN/c1-12-5-3-4-10-17(12,2)16-9-7-13-6-8-14(18)11-15(13)19-16/h3-12H,1-2H3. The van der Waals surface area contributed by atoms with Crippen LogP contribution in [0.25, 0.3) is 10.9 Å². The van der Waals surface area contributed by atoms with E-state index < -0.39 is 0 Å². The smallest absolute Gasteiger partial charge is 0.0720 e. The van der Waals surface area contributed by atoms with Crippen LogP contribution < -0.4 is 0 Å². The molecule has 1 aromatic carbocycles. The summed E-state index contributed by atoms with van der Waals surface area (Å²) < 4.78 is 0. The lowest BCUT2D eigenvalue weighted by atomic mass is 9.72. The average molecular weight is 270 g/mol. The lowest BCUT2D eigenvalue weighted by Gasteiger charge is -2.32. The molecule has 1 aliphatic carbocycles. The number of allylic oxidation sites excluding steroid dienone is 4. The maximum absolute atomic E-state index is 6.05. The lowest BCUT2D eigenvalue weighted by molar-refractivity contribution is 0.447. The van der Waals surface area contributed by atoms with Crippen LogP contribution in [0.3, 0.4) is 0 Å². The van der Waals surface area contributed by atoms with Gasteiger partial charge >= 0.3 is 0 Å². The molecule has 0 spiro atoms. The number of hydrogen-bond acceptors (Lipinski definition) is 1. The van der Waals surface area contributed by atoms with E-state index in [0.29, 0.717) is 5.92 Å². The second-order valence-corrected chi connectivity index (χ2v) is 5.79. The van der Waals surface area contributed by atoms with E-state index in [1.807, 2.05) is 18.2 Å². The Hall–Kier alpha value is -1.60. The van der Waals surface area contributed by atoms with Crippen LogP contribution in [0.4, 0.5) is 0 Å². The van der Waals surface area contributed by atoms with Crippen molar-refractivity contribution in [1.29, 1.82) is 0 Å². The topological polar surface area (TPSA) is 12.9 Å². The molecule has 2 aromatic rings. The highest BCUT2D eigenvalue weighted by atomic mass is 35.5. The Morgan fingerprint density at radius 2 is 1.95 bits per heavy atom. The molecule has 0 aliphatic heterocycles. The van der Waals surface area contributed by atoms with Gasteiger partial charge in [-0.2, -0.15) is 0 Å². The fourth-order valence-electron chi connectivity index (χ4n) is 2.55. The van der Waals surface area contributed by atoms with Crippen LogP contribution >= 0.6 is 11.6 Å². The quantitative estimate of drug-likeness (QED) is 0.717. The van der Waals surface area contributed by atoms with E-state index in [4.69, 9.17) is 16.6 Å². The summed E-state index contributed by atoms with van der Waals surface area (Å²) in [5, 5.41) is 1.86. The molecule has 1 aromatic heterocycles. The van der Waals surface area contributed by atoms with Crippen molar-refractivity contribution in [3.8, 4) is 0 Å². The van der Waals surface area contributed by atoms with Gasteiger partial charge in [-0.25, -0.2) is 0 Å². The summed E-state index contributed by atoms with van der Waals surface area (Å²) in [4.78, 5) is 4.81. The zero-order chi connectivity index (χ0) is 13.5. The maximum Gasteiger partial charge on any atom is 0.0720 e. The van der Waals surface area contributed by atoms with Gasteiger partial charge in [-0.05, 0) is 31.0 Å². The fourth-order valence-corrected chi connectivity index (χ4v) is 2.71. The molecule has 2 heteroatoms. The zero-order valence-corrected chi connectivity index (χ0v) is 11.9. The number of benzene rings is 1. The second-order valence-electron chi connectivity index (χ2n) is 5.35. The van der Waals surface area contributed by atoms with Crippen LogP contribution in [0, 0.1) is 5.92 Å². The van der Waals surface area contributed by atoms with Gasteiger partial charge in [-0.3, -0.25) is 4.98 Å². The normalized spacial score (nSPS) is 25.9. The van der Waals surface area contributed by atoms with Crippen molar-refractivity contribution in [3.05, 3.63) is 65.4 Å². The van der Waals surface area contributed by atoms with Crippen LogP contribution in [0.1, 0.15) is 19.5 Å². The highest BCUT2D eigenvalue weighted by Gasteiger charge is 2.31. The van der Waals surface area contributed by atoms with Crippen molar-refractivity contribution in [2.45, 2.75) is 19.3 Å². The minimum Gasteiger partial charge on any atom is -0.252 e. The van der Waals surface area contributed by atoms with Gasteiger partial charge in [0.2, 0.25) is 0 Å². The van der Waals surface area contributed by atoms with Crippen molar-refractivity contribution >= 4 is 22.5 Å². The van der Waals surface area contributed by atoms with Crippen LogP contribution in [-0.4, -0.2) is 4.98 Å². The minimum atomic E-state index is -0.0503. The Balaban J connectivity index is 2.15. The number of hydrogen-bond donors (Lipinski definition) is 0. The van der Waals surface area contributed by atoms with Gasteiger partial charge in [-0.15, -0.1) is 0 Å². The number of rotatable bonds is 1. The van der Waals surface area contributed by atoms with Crippen molar-refractivity contribution in [3.63, 3.8) is 0 Å². The molecular formula is C17H16ClN. The number of pyridine rings is 1. The number of fused-ring (bicyclic) bond motifs is 1. The highest BCUT2D eigenvalue weighted by Crippen LogP contribution is 2.36. The van der Waals surface area contributed by atoms with Crippen molar-refractivity contribution in [2.24, 2.45) is 5.92 Å². The molecule has 1 nitrogen and oxygen atoms in total. The highest BCUT2D eigenvalue weighted by molar-refractivity contribution is 6.31. The van der Waals surface area contributed by atoms with Gasteiger partial charge in [0.1, 0.15) is 0 Å². The summed E-state index contributed by atoms with van der Waals surface area (Å²) in [7, 11) is 0. The first-order chi connectivity index (χ1) is 9.09. The fraction of sp³-hybridized carbons (Fsp3) is 0.235. The molecule has 0 N–H and O–H groups in total. The Morgan fingerprint density at radius 3 is 2.74 bits per heavy atom. The summed E-state index contributed by atoms with van der Waals surface area (Å²) in [6.45, 7) is 4.46. The van der Waals surface area contributed by atoms with E-state index >= 15 is 0 Å². The molecule has 2 atom stereocenters. The van der Waals surface area contributed by atoms with Crippen LogP contribution in [0.15, 0.2) is 54.6 Å². The summed E-state index contributed by atoms with van der Waals surface area (Å²) >= 11 is 6.05. The molecule has 0 bridgehead atoms. The molecule has 2 unspecified atom stereocenters. The van der Waals surface area contributed by atoms with Crippen molar-refractivity contribution in [2.75, 3.05) is 0 Å². The molecule has 0 amide bonds. The molecule has 0 saturated carbocycles. The molecule has 19 heavy (non-hydrogen) atoms. The van der Waals surface area contributed by atoms with E-state index in [0.717, 1.165) is 21.6 Å². The Bertz CT molecular complexity index is 687. The first kappa shape index (κ1) is 12.4. The molecule has 96 valence electrons. The summed E-state index contributed by atoms with van der Waals surface area (Å²) in [5.41, 5.74) is 2.00. The van der Waals surface area contributed by atoms with Gasteiger partial charge in [0.05, 0.1) is 11.2 Å². The van der Waals surface area contributed by atoms with Crippen LogP contribution in [0.2, 0.25) is 5.02 Å². The third kappa shape index (κ3) is 2.08. The predicted molar refractivity (Wildman–Crippen MR) is 81.5 cm³/mol. The molecule has 0 radical (unpaired) electrons. The molecular weight excluding hydrogens is 254 g/mol. The van der Waals surface area contributed by atoms with E-state index in [2.05, 4.69) is 50.3 Å². The van der Waals surface area contributed by atoms with E-state index in [1.54, 1.807) is 0 Å². The SMILES string of the molecule is CC1C=CC=CC1(C)c1ccc2ccc(Cl)cc2n1. The average Bonchev–Trinajstić information content (AvgIpc) is 2.41. The van der Waals surface area contributed by atoms with Gasteiger partial charge in [0.15, 0.2) is 0 Å². The van der Waals surface area contributed by atoms with Crippen LogP contribution in [-0.2, 0) is 5.41 Å². The third-order valence-corrected chi connectivity index (χ3v) is 4.34. The van der Waals surface area contributed by atoms with Gasteiger partial charge in [-0.1, -0.05) is 55.0 Å². The molecule has 1 aliphatic rings. The largest absolute Gasteiger partial charge is 0.252 e. The molecule has 0 saturated heterocycles. The van der Waals surface area contributed by atoms with Crippen molar-refractivity contribution < 1.29 is 0 Å². The predicted octanol–water partition coefficient (Wildman–Crippen LogP) is 4.91. The summed E-state index contributed by atoms with van der Waals surface area (Å²) in [5.74, 6) is 0.432. The maximum atomic E-state index is 6.05. The summed E-state index contributed by atoms with van der Waals surface area (Å²) in [6, 6.07) is 10.1. The van der Waals surface area contributed by atoms with Crippen molar-refractivity contribution in [1.82, 2.24) is 4.98 Å². The van der Waals surface area contributed by atoms with E-state index in [1.165, 1.54) is 0 Å². The first-order valence-electron chi connectivity index (χ1n) is 6.52. The number of nitrogens with zero attached hydrogens (tertiary/aromatic N) is 1. The lowest BCUT2D eigenvalue weighted by Crippen LogP contribution is -2.29. The first-order valence-corrected chi connectivity index (χ1v) is 6.90. The van der Waals surface area contributed by atoms with Gasteiger partial charge in [0.25, 0.3) is 0 Å². The van der Waals surface area contributed by atoms with Crippen LogP contribution in [0.5, 0.6) is 0 Å². The third-order valence-electron chi connectivity index (χ3n) is 4.11. The Morgan fingerprint density at radius 1 is 1.16 bits per heavy atom. The number of aromatic nitrogens is 1. The number of halogens is 1.